The third-order valence-corrected chi connectivity index (χ3v) is 5.72. The predicted molar refractivity (Wildman–Crippen MR) is 101 cm³/mol. The number of morpholine rings is 1. The van der Waals surface area contributed by atoms with Gasteiger partial charge in [-0.15, -0.1) is 11.3 Å². The zero-order valence-electron chi connectivity index (χ0n) is 14.4. The SMILES string of the molecule is O=C(c1cc2c(OCC3=CC=C(F)CC3)cccc2s1)N1CCOCC1. The van der Waals surface area contributed by atoms with E-state index < -0.39 is 0 Å². The van der Waals surface area contributed by atoms with Gasteiger partial charge in [0.25, 0.3) is 5.91 Å². The van der Waals surface area contributed by atoms with E-state index in [-0.39, 0.29) is 11.7 Å². The summed E-state index contributed by atoms with van der Waals surface area (Å²) in [5.41, 5.74) is 1.07. The molecule has 4 nitrogen and oxygen atoms in total. The number of nitrogens with zero attached hydrogens (tertiary/aromatic N) is 1. The lowest BCUT2D eigenvalue weighted by Crippen LogP contribution is -2.40. The van der Waals surface area contributed by atoms with Crippen LogP contribution >= 0.6 is 11.3 Å². The molecular weight excluding hydrogens is 353 g/mol. The molecule has 0 bridgehead atoms. The first-order valence-corrected chi connectivity index (χ1v) is 9.59. The first-order chi connectivity index (χ1) is 12.7. The van der Waals surface area contributed by atoms with Crippen molar-refractivity contribution in [2.45, 2.75) is 12.8 Å². The molecule has 0 N–H and O–H groups in total. The number of allylic oxidation sites excluding steroid dienone is 3. The maximum absolute atomic E-state index is 13.1. The molecule has 1 amide bonds. The van der Waals surface area contributed by atoms with Crippen molar-refractivity contribution in [1.29, 1.82) is 0 Å². The highest BCUT2D eigenvalue weighted by Crippen LogP contribution is 2.34. The maximum Gasteiger partial charge on any atom is 0.264 e. The van der Waals surface area contributed by atoms with E-state index >= 15 is 0 Å². The summed E-state index contributed by atoms with van der Waals surface area (Å²) >= 11 is 1.49. The maximum atomic E-state index is 13.1. The molecule has 0 saturated carbocycles. The molecule has 6 heteroatoms. The van der Waals surface area contributed by atoms with E-state index in [1.54, 1.807) is 6.08 Å². The van der Waals surface area contributed by atoms with Crippen molar-refractivity contribution >= 4 is 27.3 Å². The van der Waals surface area contributed by atoms with Gasteiger partial charge in [0.15, 0.2) is 0 Å². The van der Waals surface area contributed by atoms with Crippen LogP contribution in [-0.2, 0) is 4.74 Å². The number of carbonyl (C=O) groups is 1. The summed E-state index contributed by atoms with van der Waals surface area (Å²) in [4.78, 5) is 15.3. The molecule has 4 rings (SSSR count). The van der Waals surface area contributed by atoms with Crippen LogP contribution in [0.1, 0.15) is 22.5 Å². The fourth-order valence-electron chi connectivity index (χ4n) is 3.13. The number of hydrogen-bond acceptors (Lipinski definition) is 4. The van der Waals surface area contributed by atoms with Gasteiger partial charge in [-0.3, -0.25) is 4.79 Å². The average molecular weight is 373 g/mol. The van der Waals surface area contributed by atoms with E-state index in [1.165, 1.54) is 17.4 Å². The van der Waals surface area contributed by atoms with Crippen molar-refractivity contribution in [3.8, 4) is 5.75 Å². The van der Waals surface area contributed by atoms with E-state index in [0.29, 0.717) is 45.8 Å². The lowest BCUT2D eigenvalue weighted by molar-refractivity contribution is 0.0306. The van der Waals surface area contributed by atoms with Gasteiger partial charge < -0.3 is 14.4 Å². The van der Waals surface area contributed by atoms with Crippen molar-refractivity contribution < 1.29 is 18.7 Å². The number of ether oxygens (including phenoxy) is 2. The third kappa shape index (κ3) is 3.66. The van der Waals surface area contributed by atoms with Crippen LogP contribution in [0.3, 0.4) is 0 Å². The standard InChI is InChI=1S/C20H20FNO3S/c21-15-6-4-14(5-7-15)13-25-17-2-1-3-18-16(17)12-19(26-18)20(23)22-8-10-24-11-9-22/h1-4,6,12H,5,7-11,13H2. The topological polar surface area (TPSA) is 38.8 Å². The van der Waals surface area contributed by atoms with Crippen molar-refractivity contribution in [3.63, 3.8) is 0 Å². The van der Waals surface area contributed by atoms with Crippen molar-refractivity contribution in [3.05, 3.63) is 52.7 Å². The molecular formula is C20H20FNO3S. The lowest BCUT2D eigenvalue weighted by atomic mass is 10.1. The Labute approximate surface area is 155 Å². The fourth-order valence-corrected chi connectivity index (χ4v) is 4.18. The second-order valence-corrected chi connectivity index (χ2v) is 7.49. The van der Waals surface area contributed by atoms with Gasteiger partial charge in [-0.1, -0.05) is 12.1 Å². The summed E-state index contributed by atoms with van der Waals surface area (Å²) in [5, 5.41) is 0.951. The van der Waals surface area contributed by atoms with Crippen LogP contribution in [0, 0.1) is 0 Å². The van der Waals surface area contributed by atoms with Crippen molar-refractivity contribution in [2.75, 3.05) is 32.9 Å². The first kappa shape index (κ1) is 17.2. The Balaban J connectivity index is 1.53. The van der Waals surface area contributed by atoms with Gasteiger partial charge in [0, 0.05) is 29.6 Å². The minimum absolute atomic E-state index is 0.0519. The highest BCUT2D eigenvalue weighted by molar-refractivity contribution is 7.20. The number of thiophene rings is 1. The largest absolute Gasteiger partial charge is 0.489 e. The Hall–Kier alpha value is -2.18. The number of carbonyl (C=O) groups excluding carboxylic acids is 1. The Morgan fingerprint density at radius 3 is 2.85 bits per heavy atom. The molecule has 1 aromatic heterocycles. The van der Waals surface area contributed by atoms with Crippen LogP contribution in [0.2, 0.25) is 0 Å². The van der Waals surface area contributed by atoms with E-state index in [9.17, 15) is 9.18 Å². The molecule has 26 heavy (non-hydrogen) atoms. The molecule has 2 aromatic rings. The number of rotatable bonds is 4. The molecule has 136 valence electrons. The molecule has 0 unspecified atom stereocenters. The minimum atomic E-state index is -0.0834. The van der Waals surface area contributed by atoms with Crippen molar-refractivity contribution in [2.24, 2.45) is 0 Å². The molecule has 1 aliphatic carbocycles. The molecule has 2 aliphatic rings. The smallest absolute Gasteiger partial charge is 0.264 e. The predicted octanol–water partition coefficient (Wildman–Crippen LogP) is 4.33. The van der Waals surface area contributed by atoms with E-state index in [1.807, 2.05) is 29.2 Å². The van der Waals surface area contributed by atoms with Crippen LogP contribution in [0.15, 0.2) is 47.8 Å². The van der Waals surface area contributed by atoms with E-state index in [4.69, 9.17) is 9.47 Å². The Kier molecular flexibility index (Phi) is 5.04. The molecule has 2 heterocycles. The van der Waals surface area contributed by atoms with Crippen molar-refractivity contribution in [1.82, 2.24) is 4.90 Å². The average Bonchev–Trinajstić information content (AvgIpc) is 3.12. The van der Waals surface area contributed by atoms with Gasteiger partial charge >= 0.3 is 0 Å². The minimum Gasteiger partial charge on any atom is -0.489 e. The Morgan fingerprint density at radius 1 is 1.23 bits per heavy atom. The highest BCUT2D eigenvalue weighted by atomic mass is 32.1. The van der Waals surface area contributed by atoms with E-state index in [0.717, 1.165) is 26.3 Å². The molecule has 0 spiro atoms. The van der Waals surface area contributed by atoms with Gasteiger partial charge in [-0.2, -0.15) is 0 Å². The summed E-state index contributed by atoms with van der Waals surface area (Å²) in [6, 6.07) is 7.77. The van der Waals surface area contributed by atoms with Gasteiger partial charge in [0.1, 0.15) is 18.2 Å². The zero-order chi connectivity index (χ0) is 17.9. The lowest BCUT2D eigenvalue weighted by Gasteiger charge is -2.26. The van der Waals surface area contributed by atoms with Crippen LogP contribution < -0.4 is 4.74 Å². The second-order valence-electron chi connectivity index (χ2n) is 6.41. The number of amides is 1. The number of fused-ring (bicyclic) bond motifs is 1. The Bertz CT molecular complexity index is 880. The van der Waals surface area contributed by atoms with Crippen LogP contribution in [0.4, 0.5) is 4.39 Å². The summed E-state index contributed by atoms with van der Waals surface area (Å²) in [7, 11) is 0. The summed E-state index contributed by atoms with van der Waals surface area (Å²) in [6.07, 6.45) is 4.42. The Morgan fingerprint density at radius 2 is 2.08 bits per heavy atom. The summed E-state index contributed by atoms with van der Waals surface area (Å²) in [6.45, 7) is 2.89. The second kappa shape index (κ2) is 7.60. The van der Waals surface area contributed by atoms with E-state index in [2.05, 4.69) is 0 Å². The monoisotopic (exact) mass is 373 g/mol. The fraction of sp³-hybridized carbons (Fsp3) is 0.350. The molecule has 1 aliphatic heterocycles. The number of benzene rings is 1. The van der Waals surface area contributed by atoms with Gasteiger partial charge in [0.05, 0.1) is 18.1 Å². The quantitative estimate of drug-likeness (QED) is 0.801. The third-order valence-electron chi connectivity index (χ3n) is 4.63. The molecule has 1 fully saturated rings. The summed E-state index contributed by atoms with van der Waals surface area (Å²) in [5.74, 6) is 0.728. The zero-order valence-corrected chi connectivity index (χ0v) is 15.2. The highest BCUT2D eigenvalue weighted by Gasteiger charge is 2.21. The van der Waals surface area contributed by atoms with Gasteiger partial charge in [-0.05, 0) is 36.3 Å². The molecule has 1 aromatic carbocycles. The van der Waals surface area contributed by atoms with Gasteiger partial charge in [0.2, 0.25) is 0 Å². The normalized spacial score (nSPS) is 17.8. The van der Waals surface area contributed by atoms with Gasteiger partial charge in [-0.25, -0.2) is 4.39 Å². The first-order valence-electron chi connectivity index (χ1n) is 8.77. The molecule has 1 saturated heterocycles. The summed E-state index contributed by atoms with van der Waals surface area (Å²) < 4.78 is 25.4. The number of halogens is 1. The number of hydrogen-bond donors (Lipinski definition) is 0. The van der Waals surface area contributed by atoms with Crippen LogP contribution in [-0.4, -0.2) is 43.7 Å². The molecule has 0 atom stereocenters. The van der Waals surface area contributed by atoms with Crippen LogP contribution in [0.25, 0.3) is 10.1 Å². The molecule has 0 radical (unpaired) electrons. The van der Waals surface area contributed by atoms with Crippen LogP contribution in [0.5, 0.6) is 5.75 Å².